The second-order valence-corrected chi connectivity index (χ2v) is 7.23. The van der Waals surface area contributed by atoms with Gasteiger partial charge in [-0.15, -0.1) is 0 Å². The third-order valence-corrected chi connectivity index (χ3v) is 5.37. The third-order valence-electron chi connectivity index (χ3n) is 5.37. The quantitative estimate of drug-likeness (QED) is 0.797. The summed E-state index contributed by atoms with van der Waals surface area (Å²) in [6.45, 7) is 6.11. The van der Waals surface area contributed by atoms with E-state index in [9.17, 15) is 0 Å². The number of aryl methyl sites for hydroxylation is 1. The minimum atomic E-state index is 0.730. The number of nitrogens with zero attached hydrogens (tertiary/aromatic N) is 4. The molecular weight excluding hydrogens is 310 g/mol. The Morgan fingerprint density at radius 3 is 2.56 bits per heavy atom. The number of para-hydroxylation sites is 1. The molecule has 1 saturated carbocycles. The number of anilines is 2. The minimum Gasteiger partial charge on any atom is -0.367 e. The van der Waals surface area contributed by atoms with E-state index in [1.54, 1.807) is 0 Å². The molecule has 3 aromatic rings. The molecule has 2 aliphatic rings. The average molecular weight is 333 g/mol. The smallest absolute Gasteiger partial charge is 0.150 e. The molecule has 0 unspecified atom stereocenters. The molecule has 5 nitrogen and oxygen atoms in total. The zero-order valence-corrected chi connectivity index (χ0v) is 14.6. The predicted octanol–water partition coefficient (Wildman–Crippen LogP) is 3.47. The van der Waals surface area contributed by atoms with Gasteiger partial charge in [0.2, 0.25) is 0 Å². The first kappa shape index (κ1) is 14.8. The largest absolute Gasteiger partial charge is 0.367 e. The molecule has 5 rings (SSSR count). The number of fused-ring (bicyclic) bond motifs is 1. The Balaban J connectivity index is 1.36. The highest BCUT2D eigenvalue weighted by atomic mass is 15.3. The molecule has 1 saturated heterocycles. The Hall–Kier alpha value is -2.56. The summed E-state index contributed by atoms with van der Waals surface area (Å²) >= 11 is 0. The van der Waals surface area contributed by atoms with Crippen molar-refractivity contribution in [1.29, 1.82) is 0 Å². The van der Waals surface area contributed by atoms with Gasteiger partial charge in [0.05, 0.1) is 5.52 Å². The number of aromatic amines is 1. The van der Waals surface area contributed by atoms with E-state index in [1.807, 2.05) is 0 Å². The second kappa shape index (κ2) is 5.76. The van der Waals surface area contributed by atoms with Crippen LogP contribution in [0.25, 0.3) is 10.9 Å². The summed E-state index contributed by atoms with van der Waals surface area (Å²) in [7, 11) is 0. The van der Waals surface area contributed by atoms with Gasteiger partial charge in [-0.05, 0) is 31.9 Å². The normalized spacial score (nSPS) is 18.1. The van der Waals surface area contributed by atoms with Crippen LogP contribution in [0.1, 0.15) is 30.1 Å². The summed E-state index contributed by atoms with van der Waals surface area (Å²) < 4.78 is 0. The van der Waals surface area contributed by atoms with Gasteiger partial charge in [-0.1, -0.05) is 18.2 Å². The number of aromatic nitrogens is 3. The number of hydrogen-bond acceptors (Lipinski definition) is 4. The zero-order valence-electron chi connectivity index (χ0n) is 14.6. The van der Waals surface area contributed by atoms with Gasteiger partial charge in [0, 0.05) is 60.6 Å². The molecule has 1 aliphatic heterocycles. The van der Waals surface area contributed by atoms with E-state index in [0.717, 1.165) is 49.1 Å². The first-order valence-corrected chi connectivity index (χ1v) is 9.19. The van der Waals surface area contributed by atoms with Gasteiger partial charge in [0.1, 0.15) is 0 Å². The van der Waals surface area contributed by atoms with Gasteiger partial charge in [0.15, 0.2) is 5.82 Å². The number of hydrogen-bond donors (Lipinski definition) is 1. The Labute approximate surface area is 147 Å². The van der Waals surface area contributed by atoms with Crippen molar-refractivity contribution in [2.75, 3.05) is 36.0 Å². The van der Waals surface area contributed by atoms with Gasteiger partial charge in [-0.2, -0.15) is 5.10 Å². The van der Waals surface area contributed by atoms with Crippen molar-refractivity contribution in [3.8, 4) is 0 Å². The lowest BCUT2D eigenvalue weighted by Gasteiger charge is -2.36. The molecule has 0 atom stereocenters. The average Bonchev–Trinajstić information content (AvgIpc) is 3.38. The highest BCUT2D eigenvalue weighted by molar-refractivity contribution is 5.92. The molecule has 2 fully saturated rings. The van der Waals surface area contributed by atoms with Crippen LogP contribution in [0.2, 0.25) is 0 Å². The van der Waals surface area contributed by atoms with Crippen LogP contribution < -0.4 is 9.80 Å². The van der Waals surface area contributed by atoms with Crippen LogP contribution in [-0.2, 0) is 0 Å². The fourth-order valence-electron chi connectivity index (χ4n) is 3.81. The number of pyridine rings is 1. The number of benzene rings is 1. The SMILES string of the molecule is Cc1cc(N2CCN(c3cc(C4CC4)[nH]n3)CC2)c2ccccc2n1. The summed E-state index contributed by atoms with van der Waals surface area (Å²) in [5, 5.41) is 9.01. The van der Waals surface area contributed by atoms with Crippen molar-refractivity contribution in [3.05, 3.63) is 47.8 Å². The van der Waals surface area contributed by atoms with Crippen LogP contribution in [0.5, 0.6) is 0 Å². The molecule has 5 heteroatoms. The Bertz CT molecular complexity index is 903. The van der Waals surface area contributed by atoms with Crippen LogP contribution in [0.3, 0.4) is 0 Å². The number of H-pyrrole nitrogens is 1. The summed E-state index contributed by atoms with van der Waals surface area (Å²) in [5.41, 5.74) is 4.79. The Morgan fingerprint density at radius 1 is 1.00 bits per heavy atom. The van der Waals surface area contributed by atoms with Gasteiger partial charge >= 0.3 is 0 Å². The van der Waals surface area contributed by atoms with Crippen LogP contribution in [0.15, 0.2) is 36.4 Å². The van der Waals surface area contributed by atoms with Crippen LogP contribution >= 0.6 is 0 Å². The zero-order chi connectivity index (χ0) is 16.8. The van der Waals surface area contributed by atoms with Gasteiger partial charge < -0.3 is 9.80 Å². The third kappa shape index (κ3) is 2.73. The molecule has 1 aliphatic carbocycles. The molecule has 3 heterocycles. The van der Waals surface area contributed by atoms with Gasteiger partial charge in [-0.25, -0.2) is 0 Å². The van der Waals surface area contributed by atoms with Crippen molar-refractivity contribution in [1.82, 2.24) is 15.2 Å². The fraction of sp³-hybridized carbons (Fsp3) is 0.400. The van der Waals surface area contributed by atoms with Crippen molar-refractivity contribution in [2.24, 2.45) is 0 Å². The molecule has 1 N–H and O–H groups in total. The van der Waals surface area contributed by atoms with E-state index in [4.69, 9.17) is 0 Å². The van der Waals surface area contributed by atoms with Crippen LogP contribution in [-0.4, -0.2) is 41.4 Å². The highest BCUT2D eigenvalue weighted by Crippen LogP contribution is 2.40. The van der Waals surface area contributed by atoms with E-state index in [1.165, 1.54) is 29.6 Å². The molecule has 25 heavy (non-hydrogen) atoms. The van der Waals surface area contributed by atoms with Crippen molar-refractivity contribution < 1.29 is 0 Å². The van der Waals surface area contributed by atoms with E-state index in [0.29, 0.717) is 0 Å². The monoisotopic (exact) mass is 333 g/mol. The first-order chi connectivity index (χ1) is 12.3. The van der Waals surface area contributed by atoms with Crippen LogP contribution in [0, 0.1) is 6.92 Å². The second-order valence-electron chi connectivity index (χ2n) is 7.23. The van der Waals surface area contributed by atoms with Crippen molar-refractivity contribution in [3.63, 3.8) is 0 Å². The Morgan fingerprint density at radius 2 is 1.76 bits per heavy atom. The van der Waals surface area contributed by atoms with Gasteiger partial charge in [0.25, 0.3) is 0 Å². The Kier molecular flexibility index (Phi) is 3.40. The van der Waals surface area contributed by atoms with Crippen LogP contribution in [0.4, 0.5) is 11.5 Å². The van der Waals surface area contributed by atoms with Crippen molar-refractivity contribution >= 4 is 22.4 Å². The fourth-order valence-corrected chi connectivity index (χ4v) is 3.81. The molecule has 0 bridgehead atoms. The summed E-state index contributed by atoms with van der Waals surface area (Å²) in [5.74, 6) is 1.84. The number of piperazine rings is 1. The maximum Gasteiger partial charge on any atom is 0.150 e. The molecule has 0 amide bonds. The maximum atomic E-state index is 4.67. The highest BCUT2D eigenvalue weighted by Gasteiger charge is 2.27. The lowest BCUT2D eigenvalue weighted by atomic mass is 10.1. The molecule has 128 valence electrons. The number of rotatable bonds is 3. The van der Waals surface area contributed by atoms with E-state index < -0.39 is 0 Å². The van der Waals surface area contributed by atoms with E-state index in [-0.39, 0.29) is 0 Å². The molecule has 0 spiro atoms. The molecule has 1 aromatic carbocycles. The predicted molar refractivity (Wildman–Crippen MR) is 101 cm³/mol. The molecule has 2 aromatic heterocycles. The van der Waals surface area contributed by atoms with Gasteiger partial charge in [-0.3, -0.25) is 10.1 Å². The summed E-state index contributed by atoms with van der Waals surface area (Å²) in [6, 6.07) is 12.9. The lowest BCUT2D eigenvalue weighted by molar-refractivity contribution is 0.647. The summed E-state index contributed by atoms with van der Waals surface area (Å²) in [6.07, 6.45) is 2.62. The molecular formula is C20H23N5. The first-order valence-electron chi connectivity index (χ1n) is 9.19. The van der Waals surface area contributed by atoms with E-state index >= 15 is 0 Å². The van der Waals surface area contributed by atoms with E-state index in [2.05, 4.69) is 68.3 Å². The lowest BCUT2D eigenvalue weighted by Crippen LogP contribution is -2.46. The topological polar surface area (TPSA) is 48.0 Å². The standard InChI is InChI=1S/C20H23N5/c1-14-12-19(16-4-2-3-5-17(16)21-14)24-8-10-25(11-9-24)20-13-18(22-23-20)15-6-7-15/h2-5,12-13,15H,6-11H2,1H3,(H,22,23). The summed E-state index contributed by atoms with van der Waals surface area (Å²) in [4.78, 5) is 9.55. The molecule has 0 radical (unpaired) electrons. The maximum absolute atomic E-state index is 4.67. The van der Waals surface area contributed by atoms with Crippen molar-refractivity contribution in [2.45, 2.75) is 25.7 Å². The minimum absolute atomic E-state index is 0.730. The number of nitrogens with one attached hydrogen (secondary N) is 1.